The second-order valence-electron chi connectivity index (χ2n) is 5.37. The molecule has 0 aliphatic heterocycles. The van der Waals surface area contributed by atoms with Crippen molar-refractivity contribution in [1.29, 1.82) is 0 Å². The molecule has 0 unspecified atom stereocenters. The van der Waals surface area contributed by atoms with Crippen LogP contribution in [0, 0.1) is 5.21 Å². The molecule has 0 bridgehead atoms. The van der Waals surface area contributed by atoms with Crippen LogP contribution < -0.4 is 20.7 Å². The van der Waals surface area contributed by atoms with Gasteiger partial charge in [-0.05, 0) is 36.4 Å². The summed E-state index contributed by atoms with van der Waals surface area (Å²) in [6.07, 6.45) is 4.04. The van der Waals surface area contributed by atoms with Crippen LogP contribution >= 0.6 is 0 Å². The molecule has 3 aromatic rings. The van der Waals surface area contributed by atoms with Gasteiger partial charge in [-0.3, -0.25) is 4.79 Å². The molecule has 26 heavy (non-hydrogen) atoms. The number of furan rings is 1. The Labute approximate surface area is 149 Å². The van der Waals surface area contributed by atoms with Crippen LogP contribution in [0.15, 0.2) is 71.6 Å². The summed E-state index contributed by atoms with van der Waals surface area (Å²) in [5.41, 5.74) is 1.51. The molecule has 0 saturated heterocycles. The molecule has 0 fully saturated rings. The van der Waals surface area contributed by atoms with Crippen molar-refractivity contribution < 1.29 is 18.7 Å². The van der Waals surface area contributed by atoms with Crippen LogP contribution in [-0.4, -0.2) is 11.9 Å². The molecule has 1 aromatic carbocycles. The lowest BCUT2D eigenvalue weighted by Gasteiger charge is -2.08. The van der Waals surface area contributed by atoms with Gasteiger partial charge in [0.15, 0.2) is 12.4 Å². The first kappa shape index (κ1) is 17.0. The molecule has 0 saturated carbocycles. The van der Waals surface area contributed by atoms with Gasteiger partial charge < -0.3 is 25.6 Å². The van der Waals surface area contributed by atoms with Crippen LogP contribution in [-0.2, 0) is 6.54 Å². The highest BCUT2D eigenvalue weighted by molar-refractivity contribution is 6.04. The Hall–Kier alpha value is -3.81. The van der Waals surface area contributed by atoms with E-state index in [1.54, 1.807) is 36.4 Å². The average Bonchev–Trinajstić information content (AvgIpc) is 3.16. The molecule has 132 valence electrons. The fourth-order valence-corrected chi connectivity index (χ4v) is 2.16. The molecule has 0 aliphatic rings. The smallest absolute Gasteiger partial charge is 0.319 e. The summed E-state index contributed by atoms with van der Waals surface area (Å²) in [4.78, 5) is 23.9. The molecule has 8 nitrogen and oxygen atoms in total. The third-order valence-corrected chi connectivity index (χ3v) is 3.47. The largest absolute Gasteiger partial charge is 0.619 e. The molecule has 3 amide bonds. The Kier molecular flexibility index (Phi) is 5.14. The number of hydrogen-bond donors (Lipinski definition) is 3. The first-order valence-corrected chi connectivity index (χ1v) is 7.77. The average molecular weight is 352 g/mol. The van der Waals surface area contributed by atoms with Crippen LogP contribution in [0.2, 0.25) is 0 Å². The molecule has 0 spiro atoms. The molecular formula is C18H16N4O4. The summed E-state index contributed by atoms with van der Waals surface area (Å²) in [5.74, 6) is 0.323. The minimum atomic E-state index is -0.367. The third kappa shape index (κ3) is 4.60. The lowest BCUT2D eigenvalue weighted by Crippen LogP contribution is -2.28. The lowest BCUT2D eigenvalue weighted by molar-refractivity contribution is -0.605. The van der Waals surface area contributed by atoms with E-state index >= 15 is 0 Å². The maximum absolute atomic E-state index is 12.1. The highest BCUT2D eigenvalue weighted by atomic mass is 16.5. The minimum Gasteiger partial charge on any atom is -0.619 e. The Morgan fingerprint density at radius 2 is 1.62 bits per heavy atom. The van der Waals surface area contributed by atoms with E-state index in [0.717, 1.165) is 0 Å². The number of urea groups is 1. The summed E-state index contributed by atoms with van der Waals surface area (Å²) >= 11 is 0. The lowest BCUT2D eigenvalue weighted by atomic mass is 10.2. The van der Waals surface area contributed by atoms with E-state index in [4.69, 9.17) is 4.42 Å². The number of nitrogens with zero attached hydrogens (tertiary/aromatic N) is 1. The van der Waals surface area contributed by atoms with Crippen LogP contribution in [0.25, 0.3) is 0 Å². The van der Waals surface area contributed by atoms with Crippen LogP contribution in [0.3, 0.4) is 0 Å². The Morgan fingerprint density at radius 1 is 0.962 bits per heavy atom. The number of rotatable bonds is 5. The zero-order valence-corrected chi connectivity index (χ0v) is 13.6. The van der Waals surface area contributed by atoms with E-state index in [2.05, 4.69) is 16.0 Å². The van der Waals surface area contributed by atoms with Gasteiger partial charge in [-0.25, -0.2) is 4.79 Å². The van der Waals surface area contributed by atoms with Gasteiger partial charge in [0.25, 0.3) is 5.91 Å². The number of hydrogen-bond acceptors (Lipinski definition) is 4. The fourth-order valence-electron chi connectivity index (χ4n) is 2.16. The van der Waals surface area contributed by atoms with Gasteiger partial charge in [0, 0.05) is 23.5 Å². The number of carbonyl (C=O) groups excluding carboxylic acids is 2. The van der Waals surface area contributed by atoms with E-state index in [0.29, 0.717) is 27.4 Å². The number of aromatic nitrogens is 1. The molecule has 0 radical (unpaired) electrons. The van der Waals surface area contributed by atoms with Crippen molar-refractivity contribution in [2.75, 3.05) is 10.6 Å². The minimum absolute atomic E-state index is 0.285. The van der Waals surface area contributed by atoms with Crippen molar-refractivity contribution in [2.24, 2.45) is 0 Å². The van der Waals surface area contributed by atoms with Crippen molar-refractivity contribution in [3.8, 4) is 0 Å². The van der Waals surface area contributed by atoms with Crippen molar-refractivity contribution in [3.05, 3.63) is 83.7 Å². The van der Waals surface area contributed by atoms with Gasteiger partial charge in [0.1, 0.15) is 5.76 Å². The number of benzene rings is 1. The predicted molar refractivity (Wildman–Crippen MR) is 94.4 cm³/mol. The zero-order valence-electron chi connectivity index (χ0n) is 13.6. The molecule has 2 heterocycles. The van der Waals surface area contributed by atoms with E-state index in [1.807, 2.05) is 0 Å². The van der Waals surface area contributed by atoms with Crippen LogP contribution in [0.1, 0.15) is 16.1 Å². The maximum Gasteiger partial charge on any atom is 0.319 e. The Bertz CT molecular complexity index is 875. The highest BCUT2D eigenvalue weighted by Gasteiger charge is 2.08. The van der Waals surface area contributed by atoms with Gasteiger partial charge in [-0.1, -0.05) is 0 Å². The molecular weight excluding hydrogens is 336 g/mol. The SMILES string of the molecule is O=C(NCc1ccco1)Nc1ccc(NC(=O)c2cc[n+]([O-])cc2)cc1. The summed E-state index contributed by atoms with van der Waals surface area (Å²) in [5, 5.41) is 19.0. The summed E-state index contributed by atoms with van der Waals surface area (Å²) in [6.45, 7) is 0.285. The van der Waals surface area contributed by atoms with Crippen molar-refractivity contribution >= 4 is 23.3 Å². The van der Waals surface area contributed by atoms with Gasteiger partial charge in [0.05, 0.1) is 18.4 Å². The monoisotopic (exact) mass is 352 g/mol. The van der Waals surface area contributed by atoms with E-state index in [1.165, 1.54) is 30.8 Å². The standard InChI is InChI=1S/C18H16N4O4/c23-17(13-7-9-22(25)10-8-13)20-14-3-5-15(6-4-14)21-18(24)19-12-16-2-1-11-26-16/h1-11H,12H2,(H,20,23)(H2,19,21,24). The number of pyridine rings is 1. The second-order valence-corrected chi connectivity index (χ2v) is 5.37. The van der Waals surface area contributed by atoms with E-state index < -0.39 is 0 Å². The number of anilines is 2. The first-order valence-electron chi connectivity index (χ1n) is 7.77. The van der Waals surface area contributed by atoms with Crippen LogP contribution in [0.5, 0.6) is 0 Å². The molecule has 8 heteroatoms. The number of amides is 3. The predicted octanol–water partition coefficient (Wildman–Crippen LogP) is 2.49. The van der Waals surface area contributed by atoms with E-state index in [-0.39, 0.29) is 18.5 Å². The summed E-state index contributed by atoms with van der Waals surface area (Å²) in [7, 11) is 0. The second kappa shape index (κ2) is 7.84. The molecule has 0 atom stereocenters. The normalized spacial score (nSPS) is 10.2. The molecule has 3 N–H and O–H groups in total. The zero-order chi connectivity index (χ0) is 18.4. The maximum atomic E-state index is 12.1. The van der Waals surface area contributed by atoms with Crippen molar-refractivity contribution in [1.82, 2.24) is 5.32 Å². The van der Waals surface area contributed by atoms with Gasteiger partial charge >= 0.3 is 6.03 Å². The van der Waals surface area contributed by atoms with Gasteiger partial charge in [0.2, 0.25) is 0 Å². The Balaban J connectivity index is 1.52. The number of nitrogens with one attached hydrogen (secondary N) is 3. The van der Waals surface area contributed by atoms with E-state index in [9.17, 15) is 14.8 Å². The Morgan fingerprint density at radius 3 is 2.23 bits per heavy atom. The molecule has 2 aromatic heterocycles. The van der Waals surface area contributed by atoms with Gasteiger partial charge in [-0.15, -0.1) is 0 Å². The van der Waals surface area contributed by atoms with Crippen LogP contribution in [0.4, 0.5) is 16.2 Å². The molecule has 3 rings (SSSR count). The molecule has 0 aliphatic carbocycles. The quantitative estimate of drug-likeness (QED) is 0.484. The first-order chi connectivity index (χ1) is 12.6. The summed E-state index contributed by atoms with van der Waals surface area (Å²) in [6, 6.07) is 12.7. The van der Waals surface area contributed by atoms with Crippen molar-refractivity contribution in [2.45, 2.75) is 6.54 Å². The van der Waals surface area contributed by atoms with Crippen molar-refractivity contribution in [3.63, 3.8) is 0 Å². The number of carbonyl (C=O) groups is 2. The highest BCUT2D eigenvalue weighted by Crippen LogP contribution is 2.14. The van der Waals surface area contributed by atoms with Gasteiger partial charge in [-0.2, -0.15) is 4.73 Å². The fraction of sp³-hybridized carbons (Fsp3) is 0.0556. The topological polar surface area (TPSA) is 110 Å². The third-order valence-electron chi connectivity index (χ3n) is 3.47. The summed E-state index contributed by atoms with van der Waals surface area (Å²) < 4.78 is 5.73.